The molecular formula is C6H11N3O3. The Labute approximate surface area is 69.9 Å². The molecule has 0 aromatic carbocycles. The first kappa shape index (κ1) is 10.8. The fourth-order valence-electron chi connectivity index (χ4n) is 0.389. The maximum absolute atomic E-state index is 10.7. The molecule has 3 N–H and O–H groups in total. The highest BCUT2D eigenvalue weighted by Gasteiger charge is 1.94. The van der Waals surface area contributed by atoms with Crippen LogP contribution in [0.25, 0.3) is 0 Å². The molecule has 68 valence electrons. The average molecular weight is 173 g/mol. The van der Waals surface area contributed by atoms with Crippen molar-refractivity contribution in [2.45, 2.75) is 13.3 Å². The van der Waals surface area contributed by atoms with Crippen molar-refractivity contribution < 1.29 is 14.4 Å². The van der Waals surface area contributed by atoms with E-state index in [0.717, 1.165) is 6.08 Å². The van der Waals surface area contributed by atoms with Crippen molar-refractivity contribution in [3.05, 3.63) is 6.08 Å². The molecule has 0 aliphatic rings. The Balaban J connectivity index is 3.25. The number of carbonyl (C=O) groups excluding carboxylic acids is 2. The van der Waals surface area contributed by atoms with Gasteiger partial charge in [-0.25, -0.2) is 4.79 Å². The van der Waals surface area contributed by atoms with Gasteiger partial charge in [0.2, 0.25) is 5.91 Å². The second-order valence-corrected chi connectivity index (χ2v) is 1.73. The molecule has 0 atom stereocenters. The standard InChI is InChI=1S/C6H11N3O3/c1-2-12-9-8-7-6(11)4-3-5-10/h3,8-9H,2,4H2,1H3,(H,7,11). The summed E-state index contributed by atoms with van der Waals surface area (Å²) in [4.78, 5) is 25.0. The summed E-state index contributed by atoms with van der Waals surface area (Å²) >= 11 is 0. The van der Waals surface area contributed by atoms with Crippen LogP contribution in [0.5, 0.6) is 0 Å². The predicted molar refractivity (Wildman–Crippen MR) is 40.9 cm³/mol. The van der Waals surface area contributed by atoms with Gasteiger partial charge in [0.1, 0.15) is 5.94 Å². The van der Waals surface area contributed by atoms with Crippen molar-refractivity contribution in [3.8, 4) is 0 Å². The summed E-state index contributed by atoms with van der Waals surface area (Å²) in [5.41, 5.74) is 6.74. The Morgan fingerprint density at radius 1 is 1.67 bits per heavy atom. The van der Waals surface area contributed by atoms with Crippen molar-refractivity contribution in [2.24, 2.45) is 0 Å². The predicted octanol–water partition coefficient (Wildman–Crippen LogP) is -1.16. The maximum atomic E-state index is 10.7. The second-order valence-electron chi connectivity index (χ2n) is 1.73. The minimum atomic E-state index is -0.356. The zero-order valence-electron chi connectivity index (χ0n) is 6.72. The zero-order valence-corrected chi connectivity index (χ0v) is 6.72. The van der Waals surface area contributed by atoms with Crippen LogP contribution >= 0.6 is 0 Å². The molecule has 0 rings (SSSR count). The Morgan fingerprint density at radius 2 is 2.42 bits per heavy atom. The fourth-order valence-corrected chi connectivity index (χ4v) is 0.389. The molecule has 0 aliphatic heterocycles. The van der Waals surface area contributed by atoms with Gasteiger partial charge in [0, 0.05) is 6.08 Å². The smallest absolute Gasteiger partial charge is 0.239 e. The van der Waals surface area contributed by atoms with Crippen molar-refractivity contribution in [1.82, 2.24) is 16.5 Å². The van der Waals surface area contributed by atoms with Crippen LogP contribution in [-0.2, 0) is 14.4 Å². The first-order valence-corrected chi connectivity index (χ1v) is 3.41. The molecule has 1 amide bonds. The highest BCUT2D eigenvalue weighted by molar-refractivity contribution is 5.78. The van der Waals surface area contributed by atoms with Gasteiger partial charge in [-0.05, 0) is 6.92 Å². The fraction of sp³-hybridized carbons (Fsp3) is 0.500. The molecule has 0 heterocycles. The molecule has 0 fully saturated rings. The Morgan fingerprint density at radius 3 is 3.00 bits per heavy atom. The lowest BCUT2D eigenvalue weighted by molar-refractivity contribution is -0.123. The van der Waals surface area contributed by atoms with E-state index in [-0.39, 0.29) is 12.3 Å². The summed E-state index contributed by atoms with van der Waals surface area (Å²) in [5.74, 6) is 1.13. The molecule has 0 unspecified atom stereocenters. The molecular weight excluding hydrogens is 162 g/mol. The van der Waals surface area contributed by atoms with Crippen molar-refractivity contribution in [1.29, 1.82) is 0 Å². The third-order valence-electron chi connectivity index (χ3n) is 0.840. The van der Waals surface area contributed by atoms with E-state index in [2.05, 4.69) is 21.4 Å². The quantitative estimate of drug-likeness (QED) is 0.268. The SMILES string of the molecule is CCONNNC(=O)CC=C=O. The molecule has 0 radical (unpaired) electrons. The molecule has 0 saturated heterocycles. The topological polar surface area (TPSA) is 79.5 Å². The maximum Gasteiger partial charge on any atom is 0.239 e. The van der Waals surface area contributed by atoms with Gasteiger partial charge in [0.15, 0.2) is 0 Å². The van der Waals surface area contributed by atoms with E-state index in [0.29, 0.717) is 6.61 Å². The summed E-state index contributed by atoms with van der Waals surface area (Å²) in [5, 5.41) is 0. The molecule has 0 aromatic heterocycles. The van der Waals surface area contributed by atoms with E-state index in [4.69, 9.17) is 0 Å². The van der Waals surface area contributed by atoms with E-state index < -0.39 is 0 Å². The van der Waals surface area contributed by atoms with Gasteiger partial charge in [-0.2, -0.15) is 0 Å². The van der Waals surface area contributed by atoms with Crippen LogP contribution in [0.4, 0.5) is 0 Å². The molecule has 12 heavy (non-hydrogen) atoms. The van der Waals surface area contributed by atoms with Crippen LogP contribution in [0.15, 0.2) is 6.08 Å². The number of hydrazine groups is 2. The largest absolute Gasteiger partial charge is 0.286 e. The van der Waals surface area contributed by atoms with Gasteiger partial charge in [-0.15, -0.1) is 11.1 Å². The first-order chi connectivity index (χ1) is 5.81. The van der Waals surface area contributed by atoms with E-state index in [1.165, 1.54) is 5.94 Å². The third-order valence-corrected chi connectivity index (χ3v) is 0.840. The molecule has 0 aliphatic carbocycles. The molecule has 0 bridgehead atoms. The van der Waals surface area contributed by atoms with Crippen LogP contribution in [0.2, 0.25) is 0 Å². The Bertz CT molecular complexity index is 177. The molecule has 6 nitrogen and oxygen atoms in total. The van der Waals surface area contributed by atoms with Gasteiger partial charge in [0.25, 0.3) is 0 Å². The minimum Gasteiger partial charge on any atom is -0.286 e. The number of hydrogen-bond donors (Lipinski definition) is 3. The lowest BCUT2D eigenvalue weighted by Gasteiger charge is -2.05. The van der Waals surface area contributed by atoms with Crippen LogP contribution in [-0.4, -0.2) is 18.5 Å². The molecule has 6 heteroatoms. The lowest BCUT2D eigenvalue weighted by Crippen LogP contribution is -2.46. The van der Waals surface area contributed by atoms with E-state index in [9.17, 15) is 9.59 Å². The number of hydrogen-bond acceptors (Lipinski definition) is 5. The van der Waals surface area contributed by atoms with Crippen molar-refractivity contribution >= 4 is 11.8 Å². The Hall–Kier alpha value is -1.20. The van der Waals surface area contributed by atoms with Crippen LogP contribution < -0.4 is 16.5 Å². The number of amides is 1. The minimum absolute atomic E-state index is 0.00962. The van der Waals surface area contributed by atoms with E-state index in [1.54, 1.807) is 6.92 Å². The first-order valence-electron chi connectivity index (χ1n) is 3.41. The van der Waals surface area contributed by atoms with Gasteiger partial charge in [-0.1, -0.05) is 0 Å². The Kier molecular flexibility index (Phi) is 7.11. The number of rotatable bonds is 6. The summed E-state index contributed by atoms with van der Waals surface area (Å²) in [6.45, 7) is 2.25. The van der Waals surface area contributed by atoms with Crippen LogP contribution in [0, 0.1) is 0 Å². The van der Waals surface area contributed by atoms with Crippen molar-refractivity contribution in [2.75, 3.05) is 6.61 Å². The molecule has 0 spiro atoms. The monoisotopic (exact) mass is 173 g/mol. The van der Waals surface area contributed by atoms with E-state index in [1.807, 2.05) is 0 Å². The highest BCUT2D eigenvalue weighted by Crippen LogP contribution is 1.74. The average Bonchev–Trinajstić information content (AvgIpc) is 2.09. The highest BCUT2D eigenvalue weighted by atomic mass is 16.7. The number of carbonyl (C=O) groups is 1. The van der Waals surface area contributed by atoms with Gasteiger partial charge < -0.3 is 0 Å². The van der Waals surface area contributed by atoms with Gasteiger partial charge in [-0.3, -0.25) is 15.1 Å². The van der Waals surface area contributed by atoms with Gasteiger partial charge >= 0.3 is 0 Å². The second kappa shape index (κ2) is 7.90. The molecule has 0 aromatic rings. The summed E-state index contributed by atoms with van der Waals surface area (Å²) in [7, 11) is 0. The summed E-state index contributed by atoms with van der Waals surface area (Å²) in [6.07, 6.45) is 1.07. The number of nitrogens with one attached hydrogen (secondary N) is 3. The normalized spacial score (nSPS) is 8.75. The zero-order chi connectivity index (χ0) is 9.23. The van der Waals surface area contributed by atoms with E-state index >= 15 is 0 Å². The third kappa shape index (κ3) is 6.91. The summed E-state index contributed by atoms with van der Waals surface area (Å²) < 4.78 is 0. The summed E-state index contributed by atoms with van der Waals surface area (Å²) in [6, 6.07) is 0. The lowest BCUT2D eigenvalue weighted by atomic mass is 10.4. The molecule has 0 saturated carbocycles. The van der Waals surface area contributed by atoms with Crippen LogP contribution in [0.3, 0.4) is 0 Å². The van der Waals surface area contributed by atoms with Crippen LogP contribution in [0.1, 0.15) is 13.3 Å². The van der Waals surface area contributed by atoms with Gasteiger partial charge in [0.05, 0.1) is 13.0 Å². The van der Waals surface area contributed by atoms with Crippen molar-refractivity contribution in [3.63, 3.8) is 0 Å².